The van der Waals surface area contributed by atoms with Gasteiger partial charge >= 0.3 is 0 Å². The molecular weight excluding hydrogens is 400 g/mol. The van der Waals surface area contributed by atoms with Crippen LogP contribution in [0, 0.1) is 0 Å². The molecule has 1 fully saturated rings. The highest BCUT2D eigenvalue weighted by molar-refractivity contribution is 7.91. The lowest BCUT2D eigenvalue weighted by atomic mass is 10.2. The zero-order chi connectivity index (χ0) is 21.4. The zero-order valence-corrected chi connectivity index (χ0v) is 19.0. The van der Waals surface area contributed by atoms with E-state index in [1.807, 2.05) is 34.9 Å². The maximum Gasteiger partial charge on any atom is 0.228 e. The number of sulfone groups is 1. The normalized spacial score (nSPS) is 15.7. The van der Waals surface area contributed by atoms with E-state index in [4.69, 9.17) is 4.74 Å². The Morgan fingerprint density at radius 1 is 1.13 bits per heavy atom. The highest BCUT2D eigenvalue weighted by atomic mass is 32.2. The van der Waals surface area contributed by atoms with Crippen molar-refractivity contribution in [3.05, 3.63) is 47.8 Å². The van der Waals surface area contributed by atoms with E-state index in [2.05, 4.69) is 21.8 Å². The van der Waals surface area contributed by atoms with Crippen molar-refractivity contribution >= 4 is 9.84 Å². The van der Waals surface area contributed by atoms with E-state index in [1.165, 1.54) is 0 Å². The van der Waals surface area contributed by atoms with Gasteiger partial charge < -0.3 is 14.2 Å². The molecule has 3 rings (SSSR count). The first kappa shape index (κ1) is 22.9. The molecule has 2 heterocycles. The summed E-state index contributed by atoms with van der Waals surface area (Å²) in [7, 11) is -1.29. The highest BCUT2D eigenvalue weighted by Gasteiger charge is 2.22. The fourth-order valence-electron chi connectivity index (χ4n) is 3.73. The molecule has 0 aliphatic carbocycles. The molecule has 0 amide bonds. The van der Waals surface area contributed by atoms with Gasteiger partial charge in [-0.15, -0.1) is 0 Å². The van der Waals surface area contributed by atoms with Gasteiger partial charge in [0.15, 0.2) is 0 Å². The van der Waals surface area contributed by atoms with Gasteiger partial charge in [-0.2, -0.15) is 0 Å². The Morgan fingerprint density at radius 3 is 2.57 bits per heavy atom. The molecule has 1 aliphatic rings. The van der Waals surface area contributed by atoms with Crippen molar-refractivity contribution < 1.29 is 13.2 Å². The van der Waals surface area contributed by atoms with E-state index >= 15 is 0 Å². The number of aromatic nitrogens is 2. The lowest BCUT2D eigenvalue weighted by Crippen LogP contribution is -2.37. The summed E-state index contributed by atoms with van der Waals surface area (Å²) in [4.78, 5) is 9.00. The third kappa shape index (κ3) is 6.38. The van der Waals surface area contributed by atoms with Gasteiger partial charge in [-0.3, -0.25) is 4.90 Å². The molecule has 0 atom stereocenters. The van der Waals surface area contributed by atoms with E-state index in [-0.39, 0.29) is 10.9 Å². The van der Waals surface area contributed by atoms with Crippen LogP contribution in [0.4, 0.5) is 0 Å². The predicted molar refractivity (Wildman–Crippen MR) is 118 cm³/mol. The van der Waals surface area contributed by atoms with Gasteiger partial charge in [0.05, 0.1) is 37.4 Å². The van der Waals surface area contributed by atoms with Crippen LogP contribution in [0.3, 0.4) is 0 Å². The number of unbranched alkanes of at least 4 members (excludes halogenated alkanes) is 1. The molecule has 0 N–H and O–H groups in total. The van der Waals surface area contributed by atoms with Crippen molar-refractivity contribution in [2.75, 3.05) is 52.2 Å². The number of ether oxygens (including phenoxy) is 1. The fourth-order valence-corrected chi connectivity index (χ4v) is 4.72. The number of hydrogen-bond acceptors (Lipinski definition) is 6. The standard InChI is InChI=1S/C22H34N4O3S/c1-3-30(27,28)22-23-17-21(26(22)18-20-9-5-4-6-10-20)19-24(2)11-7-8-12-25-13-15-29-16-14-25/h4-6,9-10,17H,3,7-8,11-16,18-19H2,1-2H3. The van der Waals surface area contributed by atoms with Crippen molar-refractivity contribution in [3.63, 3.8) is 0 Å². The number of benzene rings is 1. The first-order valence-corrected chi connectivity index (χ1v) is 12.4. The Labute approximate surface area is 180 Å². The molecular formula is C22H34N4O3S. The van der Waals surface area contributed by atoms with Crippen LogP contribution in [0.15, 0.2) is 41.7 Å². The van der Waals surface area contributed by atoms with Crippen molar-refractivity contribution in [1.29, 1.82) is 0 Å². The number of imidazole rings is 1. The van der Waals surface area contributed by atoms with Crippen LogP contribution in [-0.4, -0.2) is 80.0 Å². The molecule has 0 bridgehead atoms. The highest BCUT2D eigenvalue weighted by Crippen LogP contribution is 2.17. The molecule has 1 aromatic heterocycles. The van der Waals surface area contributed by atoms with Gasteiger partial charge in [-0.25, -0.2) is 13.4 Å². The lowest BCUT2D eigenvalue weighted by molar-refractivity contribution is 0.0369. The number of morpholine rings is 1. The monoisotopic (exact) mass is 434 g/mol. The molecule has 0 radical (unpaired) electrons. The van der Waals surface area contributed by atoms with Crippen molar-refractivity contribution in [1.82, 2.24) is 19.4 Å². The second-order valence-electron chi connectivity index (χ2n) is 7.91. The topological polar surface area (TPSA) is 67.7 Å². The average molecular weight is 435 g/mol. The zero-order valence-electron chi connectivity index (χ0n) is 18.2. The molecule has 0 saturated carbocycles. The van der Waals surface area contributed by atoms with E-state index in [9.17, 15) is 8.42 Å². The van der Waals surface area contributed by atoms with Gasteiger partial charge in [0.2, 0.25) is 15.0 Å². The number of rotatable bonds is 11. The summed E-state index contributed by atoms with van der Waals surface area (Å²) in [5.41, 5.74) is 2.00. The number of nitrogens with zero attached hydrogens (tertiary/aromatic N) is 4. The van der Waals surface area contributed by atoms with Crippen molar-refractivity contribution in [2.24, 2.45) is 0 Å². The Kier molecular flexibility index (Phi) is 8.44. The van der Waals surface area contributed by atoms with Gasteiger partial charge in [0.1, 0.15) is 0 Å². The van der Waals surface area contributed by atoms with E-state index in [0.29, 0.717) is 13.1 Å². The molecule has 1 aromatic carbocycles. The predicted octanol–water partition coefficient (Wildman–Crippen LogP) is 2.27. The average Bonchev–Trinajstić information content (AvgIpc) is 3.15. The van der Waals surface area contributed by atoms with Crippen LogP contribution in [-0.2, 0) is 27.7 Å². The summed E-state index contributed by atoms with van der Waals surface area (Å²) in [5.74, 6) is 0.0512. The van der Waals surface area contributed by atoms with Crippen LogP contribution < -0.4 is 0 Å². The summed E-state index contributed by atoms with van der Waals surface area (Å²) in [5, 5.41) is 0.171. The van der Waals surface area contributed by atoms with Crippen molar-refractivity contribution in [2.45, 2.75) is 38.0 Å². The molecule has 30 heavy (non-hydrogen) atoms. The molecule has 0 unspecified atom stereocenters. The molecule has 8 heteroatoms. The molecule has 166 valence electrons. The second-order valence-corrected chi connectivity index (χ2v) is 10.1. The summed E-state index contributed by atoms with van der Waals surface area (Å²) >= 11 is 0. The largest absolute Gasteiger partial charge is 0.379 e. The third-order valence-electron chi connectivity index (χ3n) is 5.54. The Balaban J connectivity index is 1.61. The van der Waals surface area contributed by atoms with Crippen LogP contribution in [0.2, 0.25) is 0 Å². The summed E-state index contributed by atoms with van der Waals surface area (Å²) in [6, 6.07) is 9.94. The van der Waals surface area contributed by atoms with Gasteiger partial charge in [0.25, 0.3) is 0 Å². The van der Waals surface area contributed by atoms with Crippen LogP contribution in [0.5, 0.6) is 0 Å². The lowest BCUT2D eigenvalue weighted by Gasteiger charge is -2.26. The molecule has 1 saturated heterocycles. The summed E-state index contributed by atoms with van der Waals surface area (Å²) < 4.78 is 32.4. The maximum atomic E-state index is 12.6. The Morgan fingerprint density at radius 2 is 1.87 bits per heavy atom. The smallest absolute Gasteiger partial charge is 0.228 e. The first-order chi connectivity index (χ1) is 14.5. The van der Waals surface area contributed by atoms with E-state index in [0.717, 1.165) is 63.5 Å². The van der Waals surface area contributed by atoms with Crippen molar-refractivity contribution in [3.8, 4) is 0 Å². The van der Waals surface area contributed by atoms with Crippen LogP contribution in [0.1, 0.15) is 31.0 Å². The minimum Gasteiger partial charge on any atom is -0.379 e. The SMILES string of the molecule is CCS(=O)(=O)c1ncc(CN(C)CCCCN2CCOCC2)n1Cc1ccccc1. The second kappa shape index (κ2) is 11.0. The van der Waals surface area contributed by atoms with E-state index in [1.54, 1.807) is 13.1 Å². The maximum absolute atomic E-state index is 12.6. The van der Waals surface area contributed by atoms with Gasteiger partial charge in [0, 0.05) is 19.6 Å². The van der Waals surface area contributed by atoms with Gasteiger partial charge in [-0.1, -0.05) is 37.3 Å². The van der Waals surface area contributed by atoms with E-state index < -0.39 is 9.84 Å². The fraction of sp³-hybridized carbons (Fsp3) is 0.591. The molecule has 7 nitrogen and oxygen atoms in total. The quantitative estimate of drug-likeness (QED) is 0.506. The Bertz CT molecular complexity index is 877. The van der Waals surface area contributed by atoms with Crippen LogP contribution >= 0.6 is 0 Å². The van der Waals surface area contributed by atoms with Gasteiger partial charge in [-0.05, 0) is 38.5 Å². The first-order valence-electron chi connectivity index (χ1n) is 10.8. The third-order valence-corrected chi connectivity index (χ3v) is 7.19. The molecule has 0 spiro atoms. The van der Waals surface area contributed by atoms with Crippen LogP contribution in [0.25, 0.3) is 0 Å². The molecule has 1 aliphatic heterocycles. The summed E-state index contributed by atoms with van der Waals surface area (Å²) in [6.45, 7) is 8.68. The number of hydrogen-bond donors (Lipinski definition) is 0. The minimum atomic E-state index is -3.38. The molecule has 2 aromatic rings. The summed E-state index contributed by atoms with van der Waals surface area (Å²) in [6.07, 6.45) is 3.99. The minimum absolute atomic E-state index is 0.0512. The Hall–Kier alpha value is -1.74.